The Hall–Kier alpha value is -0.0800. The summed E-state index contributed by atoms with van der Waals surface area (Å²) in [5.41, 5.74) is 0. The average molecular weight is 198 g/mol. The molecule has 0 radical (unpaired) electrons. The summed E-state index contributed by atoms with van der Waals surface area (Å²) in [6.07, 6.45) is 6.80. The molecule has 0 spiro atoms. The summed E-state index contributed by atoms with van der Waals surface area (Å²) in [5, 5.41) is 3.68. The van der Waals surface area contributed by atoms with E-state index < -0.39 is 0 Å². The molecule has 1 aliphatic rings. The van der Waals surface area contributed by atoms with Gasteiger partial charge in [-0.25, -0.2) is 0 Å². The number of nitrogens with zero attached hydrogens (tertiary/aromatic N) is 1. The lowest BCUT2D eigenvalue weighted by Gasteiger charge is -2.32. The summed E-state index contributed by atoms with van der Waals surface area (Å²) in [6, 6.07) is 0.764. The molecule has 0 aliphatic carbocycles. The first-order valence-electron chi connectivity index (χ1n) is 6.32. The largest absolute Gasteiger partial charge is 0.313 e. The first kappa shape index (κ1) is 12.0. The molecule has 0 aromatic carbocycles. The van der Waals surface area contributed by atoms with Gasteiger partial charge in [0, 0.05) is 12.6 Å². The molecule has 0 aromatic rings. The molecular formula is C12H26N2. The molecule has 1 fully saturated rings. The Morgan fingerprint density at radius 2 is 2.14 bits per heavy atom. The SMILES string of the molecule is CCCCCNC1CCCN(CC)C1. The molecule has 1 heterocycles. The minimum absolute atomic E-state index is 0.764. The summed E-state index contributed by atoms with van der Waals surface area (Å²) in [6.45, 7) is 9.54. The molecule has 0 amide bonds. The van der Waals surface area contributed by atoms with Gasteiger partial charge in [0.2, 0.25) is 0 Å². The van der Waals surface area contributed by atoms with Gasteiger partial charge in [-0.05, 0) is 38.9 Å². The standard InChI is InChI=1S/C12H26N2/c1-3-5-6-9-13-12-8-7-10-14(4-2)11-12/h12-13H,3-11H2,1-2H3. The highest BCUT2D eigenvalue weighted by Crippen LogP contribution is 2.09. The van der Waals surface area contributed by atoms with Gasteiger partial charge in [-0.15, -0.1) is 0 Å². The fourth-order valence-electron chi connectivity index (χ4n) is 2.19. The Morgan fingerprint density at radius 1 is 1.29 bits per heavy atom. The second-order valence-electron chi connectivity index (χ2n) is 4.39. The van der Waals surface area contributed by atoms with Gasteiger partial charge in [0.1, 0.15) is 0 Å². The molecule has 1 aliphatic heterocycles. The lowest BCUT2D eigenvalue weighted by molar-refractivity contribution is 0.199. The van der Waals surface area contributed by atoms with Crippen molar-refractivity contribution in [1.29, 1.82) is 0 Å². The summed E-state index contributed by atoms with van der Waals surface area (Å²) in [4.78, 5) is 2.56. The molecule has 1 saturated heterocycles. The minimum atomic E-state index is 0.764. The van der Waals surface area contributed by atoms with Gasteiger partial charge in [-0.1, -0.05) is 26.7 Å². The van der Waals surface area contributed by atoms with Crippen molar-refractivity contribution < 1.29 is 0 Å². The van der Waals surface area contributed by atoms with Crippen molar-refractivity contribution in [3.63, 3.8) is 0 Å². The zero-order chi connectivity index (χ0) is 10.2. The predicted molar refractivity (Wildman–Crippen MR) is 62.7 cm³/mol. The van der Waals surface area contributed by atoms with E-state index in [2.05, 4.69) is 24.1 Å². The molecule has 1 rings (SSSR count). The number of hydrogen-bond donors (Lipinski definition) is 1. The second-order valence-corrected chi connectivity index (χ2v) is 4.39. The van der Waals surface area contributed by atoms with E-state index in [1.54, 1.807) is 0 Å². The van der Waals surface area contributed by atoms with Crippen molar-refractivity contribution in [3.8, 4) is 0 Å². The highest BCUT2D eigenvalue weighted by Gasteiger charge is 2.17. The van der Waals surface area contributed by atoms with Crippen molar-refractivity contribution in [2.75, 3.05) is 26.2 Å². The third kappa shape index (κ3) is 4.43. The van der Waals surface area contributed by atoms with Gasteiger partial charge in [0.15, 0.2) is 0 Å². The smallest absolute Gasteiger partial charge is 0.0195 e. The first-order valence-corrected chi connectivity index (χ1v) is 6.32. The predicted octanol–water partition coefficient (Wildman–Crippen LogP) is 2.25. The van der Waals surface area contributed by atoms with Crippen molar-refractivity contribution in [3.05, 3.63) is 0 Å². The van der Waals surface area contributed by atoms with E-state index in [-0.39, 0.29) is 0 Å². The zero-order valence-electron chi connectivity index (χ0n) is 9.89. The zero-order valence-corrected chi connectivity index (χ0v) is 9.89. The van der Waals surface area contributed by atoms with Gasteiger partial charge >= 0.3 is 0 Å². The van der Waals surface area contributed by atoms with Crippen LogP contribution in [0.1, 0.15) is 46.0 Å². The normalized spacial score (nSPS) is 24.0. The van der Waals surface area contributed by atoms with Gasteiger partial charge in [0.25, 0.3) is 0 Å². The fourth-order valence-corrected chi connectivity index (χ4v) is 2.19. The van der Waals surface area contributed by atoms with Crippen molar-refractivity contribution in [1.82, 2.24) is 10.2 Å². The van der Waals surface area contributed by atoms with Crippen molar-refractivity contribution >= 4 is 0 Å². The number of hydrogen-bond acceptors (Lipinski definition) is 2. The van der Waals surface area contributed by atoms with Crippen LogP contribution in [-0.4, -0.2) is 37.1 Å². The average Bonchev–Trinajstić information content (AvgIpc) is 2.25. The Bertz CT molecular complexity index is 136. The van der Waals surface area contributed by atoms with E-state index in [9.17, 15) is 0 Å². The number of unbranched alkanes of at least 4 members (excludes halogenated alkanes) is 2. The van der Waals surface area contributed by atoms with Gasteiger partial charge in [-0.2, -0.15) is 0 Å². The van der Waals surface area contributed by atoms with Crippen LogP contribution in [0, 0.1) is 0 Å². The van der Waals surface area contributed by atoms with Crippen LogP contribution >= 0.6 is 0 Å². The van der Waals surface area contributed by atoms with Crippen LogP contribution in [0.4, 0.5) is 0 Å². The van der Waals surface area contributed by atoms with E-state index in [4.69, 9.17) is 0 Å². The number of rotatable bonds is 6. The lowest BCUT2D eigenvalue weighted by atomic mass is 10.1. The number of nitrogens with one attached hydrogen (secondary N) is 1. The summed E-state index contributed by atoms with van der Waals surface area (Å²) in [5.74, 6) is 0. The Kier molecular flexibility index (Phi) is 6.20. The van der Waals surface area contributed by atoms with Crippen LogP contribution in [0.3, 0.4) is 0 Å². The topological polar surface area (TPSA) is 15.3 Å². The summed E-state index contributed by atoms with van der Waals surface area (Å²) >= 11 is 0. The fraction of sp³-hybridized carbons (Fsp3) is 1.00. The van der Waals surface area contributed by atoms with Crippen LogP contribution < -0.4 is 5.32 Å². The van der Waals surface area contributed by atoms with Gasteiger partial charge in [0.05, 0.1) is 0 Å². The monoisotopic (exact) mass is 198 g/mol. The Balaban J connectivity index is 2.05. The van der Waals surface area contributed by atoms with Crippen molar-refractivity contribution in [2.45, 2.75) is 52.0 Å². The molecule has 0 aromatic heterocycles. The number of piperidine rings is 1. The molecule has 1 N–H and O–H groups in total. The second kappa shape index (κ2) is 7.24. The van der Waals surface area contributed by atoms with Crippen LogP contribution in [0.25, 0.3) is 0 Å². The maximum atomic E-state index is 3.68. The highest BCUT2D eigenvalue weighted by atomic mass is 15.2. The third-order valence-corrected chi connectivity index (χ3v) is 3.17. The molecule has 2 heteroatoms. The molecule has 1 unspecified atom stereocenters. The maximum absolute atomic E-state index is 3.68. The maximum Gasteiger partial charge on any atom is 0.0195 e. The number of likely N-dealkylation sites (tertiary alicyclic amines) is 1. The van der Waals surface area contributed by atoms with E-state index in [0.29, 0.717) is 0 Å². The van der Waals surface area contributed by atoms with Gasteiger partial charge in [-0.3, -0.25) is 0 Å². The van der Waals surface area contributed by atoms with Crippen LogP contribution in [0.15, 0.2) is 0 Å². The molecule has 2 nitrogen and oxygen atoms in total. The van der Waals surface area contributed by atoms with E-state index in [1.165, 1.54) is 58.3 Å². The third-order valence-electron chi connectivity index (χ3n) is 3.17. The lowest BCUT2D eigenvalue weighted by Crippen LogP contribution is -2.45. The van der Waals surface area contributed by atoms with E-state index in [0.717, 1.165) is 6.04 Å². The molecule has 14 heavy (non-hydrogen) atoms. The van der Waals surface area contributed by atoms with E-state index in [1.807, 2.05) is 0 Å². The molecule has 0 bridgehead atoms. The minimum Gasteiger partial charge on any atom is -0.313 e. The van der Waals surface area contributed by atoms with Crippen LogP contribution in [0.5, 0.6) is 0 Å². The Morgan fingerprint density at radius 3 is 2.86 bits per heavy atom. The first-order chi connectivity index (χ1) is 6.86. The number of likely N-dealkylation sites (N-methyl/N-ethyl adjacent to an activating group) is 1. The quantitative estimate of drug-likeness (QED) is 0.659. The molecular weight excluding hydrogens is 172 g/mol. The van der Waals surface area contributed by atoms with Crippen LogP contribution in [-0.2, 0) is 0 Å². The van der Waals surface area contributed by atoms with Gasteiger partial charge < -0.3 is 10.2 Å². The molecule has 1 atom stereocenters. The summed E-state index contributed by atoms with van der Waals surface area (Å²) < 4.78 is 0. The molecule has 84 valence electrons. The highest BCUT2D eigenvalue weighted by molar-refractivity contribution is 4.77. The Labute approximate surface area is 89.1 Å². The van der Waals surface area contributed by atoms with Crippen LogP contribution in [0.2, 0.25) is 0 Å². The molecule has 0 saturated carbocycles. The van der Waals surface area contributed by atoms with E-state index >= 15 is 0 Å². The summed E-state index contributed by atoms with van der Waals surface area (Å²) in [7, 11) is 0. The van der Waals surface area contributed by atoms with Crippen molar-refractivity contribution in [2.24, 2.45) is 0 Å².